The third-order valence-corrected chi connectivity index (χ3v) is 3.87. The average molecular weight is 304 g/mol. The van der Waals surface area contributed by atoms with Crippen LogP contribution in [-0.2, 0) is 16.1 Å². The molecule has 1 heterocycles. The van der Waals surface area contributed by atoms with Crippen LogP contribution >= 0.6 is 27.3 Å². The molecule has 5 heteroatoms. The minimum absolute atomic E-state index is 0.109. The summed E-state index contributed by atoms with van der Waals surface area (Å²) in [7, 11) is 0. The van der Waals surface area contributed by atoms with Crippen molar-refractivity contribution in [3.8, 4) is 0 Å². The third-order valence-electron chi connectivity index (χ3n) is 1.95. The molecule has 0 aliphatic carbocycles. The molecule has 1 rings (SSSR count). The van der Waals surface area contributed by atoms with Gasteiger partial charge in [-0.05, 0) is 34.3 Å². The highest BCUT2D eigenvalue weighted by molar-refractivity contribution is 9.10. The summed E-state index contributed by atoms with van der Waals surface area (Å²) in [6.45, 7) is 6.17. The smallest absolute Gasteiger partial charge is 0.249 e. The van der Waals surface area contributed by atoms with E-state index in [2.05, 4.69) is 27.8 Å². The number of hydrogen-bond acceptors (Lipinski definition) is 3. The fraction of sp³-hybridized carbons (Fsp3) is 0.364. The van der Waals surface area contributed by atoms with Crippen molar-refractivity contribution in [3.63, 3.8) is 0 Å². The van der Waals surface area contributed by atoms with Crippen molar-refractivity contribution < 1.29 is 9.53 Å². The molecule has 0 aliphatic rings. The summed E-state index contributed by atoms with van der Waals surface area (Å²) in [5, 5.41) is 4.79. The molecule has 0 aliphatic heterocycles. The van der Waals surface area contributed by atoms with E-state index in [4.69, 9.17) is 4.74 Å². The zero-order valence-corrected chi connectivity index (χ0v) is 11.4. The van der Waals surface area contributed by atoms with Crippen molar-refractivity contribution in [2.45, 2.75) is 19.6 Å². The predicted molar refractivity (Wildman–Crippen MR) is 69.5 cm³/mol. The van der Waals surface area contributed by atoms with Crippen molar-refractivity contribution >= 4 is 33.2 Å². The van der Waals surface area contributed by atoms with Gasteiger partial charge in [-0.15, -0.1) is 17.9 Å². The molecule has 0 radical (unpaired) electrons. The second kappa shape index (κ2) is 6.83. The fourth-order valence-corrected chi connectivity index (χ4v) is 2.48. The van der Waals surface area contributed by atoms with Gasteiger partial charge in [0.05, 0.1) is 13.2 Å². The zero-order valence-electron chi connectivity index (χ0n) is 9.03. The van der Waals surface area contributed by atoms with Crippen LogP contribution in [-0.4, -0.2) is 18.6 Å². The lowest BCUT2D eigenvalue weighted by Crippen LogP contribution is -2.34. The number of rotatable bonds is 6. The first-order valence-corrected chi connectivity index (χ1v) is 6.54. The van der Waals surface area contributed by atoms with Gasteiger partial charge < -0.3 is 10.1 Å². The van der Waals surface area contributed by atoms with E-state index < -0.39 is 6.10 Å². The molecule has 1 N–H and O–H groups in total. The Morgan fingerprint density at radius 2 is 2.56 bits per heavy atom. The van der Waals surface area contributed by atoms with Gasteiger partial charge in [-0.25, -0.2) is 0 Å². The van der Waals surface area contributed by atoms with Gasteiger partial charge in [0.15, 0.2) is 0 Å². The lowest BCUT2D eigenvalue weighted by atomic mass is 10.3. The Balaban J connectivity index is 2.35. The molecule has 0 fully saturated rings. The second-order valence-corrected chi connectivity index (χ2v) is 5.03. The maximum atomic E-state index is 11.6. The normalized spacial score (nSPS) is 12.1. The molecule has 1 atom stereocenters. The lowest BCUT2D eigenvalue weighted by molar-refractivity contribution is -0.131. The number of carbonyl (C=O) groups is 1. The van der Waals surface area contributed by atoms with Gasteiger partial charge >= 0.3 is 0 Å². The second-order valence-electron chi connectivity index (χ2n) is 3.17. The van der Waals surface area contributed by atoms with Crippen LogP contribution in [0.3, 0.4) is 0 Å². The minimum atomic E-state index is -0.447. The van der Waals surface area contributed by atoms with Crippen LogP contribution < -0.4 is 5.32 Å². The van der Waals surface area contributed by atoms with E-state index in [1.807, 2.05) is 11.4 Å². The fourth-order valence-electron chi connectivity index (χ4n) is 1.05. The van der Waals surface area contributed by atoms with Crippen LogP contribution in [0.4, 0.5) is 0 Å². The molecular weight excluding hydrogens is 290 g/mol. The summed E-state index contributed by atoms with van der Waals surface area (Å²) < 4.78 is 6.24. The standard InChI is InChI=1S/C11H14BrNO2S/c1-3-5-15-8(2)11(14)13-7-10-9(12)4-6-16-10/h3-4,6,8H,1,5,7H2,2H3,(H,13,14). The van der Waals surface area contributed by atoms with Crippen LogP contribution in [0.15, 0.2) is 28.6 Å². The molecular formula is C11H14BrNO2S. The zero-order chi connectivity index (χ0) is 12.0. The lowest BCUT2D eigenvalue weighted by Gasteiger charge is -2.11. The molecule has 0 spiro atoms. The SMILES string of the molecule is C=CCOC(C)C(=O)NCc1sccc1Br. The summed E-state index contributed by atoms with van der Waals surface area (Å²) in [6, 6.07) is 1.96. The van der Waals surface area contributed by atoms with Crippen LogP contribution in [0.2, 0.25) is 0 Å². The molecule has 0 saturated carbocycles. The van der Waals surface area contributed by atoms with Crippen molar-refractivity contribution in [1.82, 2.24) is 5.32 Å². The first-order chi connectivity index (χ1) is 7.65. The van der Waals surface area contributed by atoms with Gasteiger partial charge in [0.1, 0.15) is 6.10 Å². The minimum Gasteiger partial charge on any atom is -0.365 e. The van der Waals surface area contributed by atoms with E-state index in [0.717, 1.165) is 9.35 Å². The van der Waals surface area contributed by atoms with Gasteiger partial charge in [-0.1, -0.05) is 6.08 Å². The van der Waals surface area contributed by atoms with Crippen LogP contribution in [0.25, 0.3) is 0 Å². The molecule has 1 amide bonds. The summed E-state index contributed by atoms with van der Waals surface area (Å²) in [6.07, 6.45) is 1.18. The topological polar surface area (TPSA) is 38.3 Å². The van der Waals surface area contributed by atoms with Crippen molar-refractivity contribution in [3.05, 3.63) is 33.5 Å². The number of thiophene rings is 1. The summed E-state index contributed by atoms with van der Waals surface area (Å²) in [4.78, 5) is 12.7. The molecule has 0 bridgehead atoms. The monoisotopic (exact) mass is 303 g/mol. The third kappa shape index (κ3) is 4.08. The largest absolute Gasteiger partial charge is 0.365 e. The van der Waals surface area contributed by atoms with E-state index >= 15 is 0 Å². The Morgan fingerprint density at radius 1 is 1.81 bits per heavy atom. The number of halogens is 1. The van der Waals surface area contributed by atoms with Gasteiger partial charge in [0.2, 0.25) is 5.91 Å². The molecule has 0 saturated heterocycles. The number of carbonyl (C=O) groups excluding carboxylic acids is 1. The number of nitrogens with one attached hydrogen (secondary N) is 1. The van der Waals surface area contributed by atoms with E-state index in [1.165, 1.54) is 0 Å². The number of amides is 1. The maximum absolute atomic E-state index is 11.6. The Labute approximate surface area is 108 Å². The van der Waals surface area contributed by atoms with Crippen LogP contribution in [0.1, 0.15) is 11.8 Å². The summed E-state index contributed by atoms with van der Waals surface area (Å²) >= 11 is 5.01. The van der Waals surface area contributed by atoms with Gasteiger partial charge in [0, 0.05) is 9.35 Å². The van der Waals surface area contributed by atoms with Gasteiger partial charge in [-0.2, -0.15) is 0 Å². The van der Waals surface area contributed by atoms with E-state index in [-0.39, 0.29) is 5.91 Å². The molecule has 0 aromatic carbocycles. The Bertz CT molecular complexity index is 365. The molecule has 1 unspecified atom stereocenters. The van der Waals surface area contributed by atoms with Gasteiger partial charge in [0.25, 0.3) is 0 Å². The van der Waals surface area contributed by atoms with E-state index in [1.54, 1.807) is 24.3 Å². The quantitative estimate of drug-likeness (QED) is 0.821. The predicted octanol–water partition coefficient (Wildman–Crippen LogP) is 2.72. The first-order valence-electron chi connectivity index (χ1n) is 4.87. The molecule has 16 heavy (non-hydrogen) atoms. The van der Waals surface area contributed by atoms with Gasteiger partial charge in [-0.3, -0.25) is 4.79 Å². The average Bonchev–Trinajstić information content (AvgIpc) is 2.68. The van der Waals surface area contributed by atoms with Crippen molar-refractivity contribution in [2.75, 3.05) is 6.61 Å². The molecule has 88 valence electrons. The summed E-state index contributed by atoms with van der Waals surface area (Å²) in [5.74, 6) is -0.109. The summed E-state index contributed by atoms with van der Waals surface area (Å²) in [5.41, 5.74) is 0. The number of ether oxygens (including phenoxy) is 1. The van der Waals surface area contributed by atoms with Crippen LogP contribution in [0.5, 0.6) is 0 Å². The maximum Gasteiger partial charge on any atom is 0.249 e. The van der Waals surface area contributed by atoms with Crippen molar-refractivity contribution in [1.29, 1.82) is 0 Å². The molecule has 3 nitrogen and oxygen atoms in total. The highest BCUT2D eigenvalue weighted by atomic mass is 79.9. The molecule has 1 aromatic heterocycles. The number of hydrogen-bond donors (Lipinski definition) is 1. The van der Waals surface area contributed by atoms with E-state index in [9.17, 15) is 4.79 Å². The van der Waals surface area contributed by atoms with E-state index in [0.29, 0.717) is 13.2 Å². The first kappa shape index (κ1) is 13.4. The van der Waals surface area contributed by atoms with Crippen LogP contribution in [0, 0.1) is 0 Å². The highest BCUT2D eigenvalue weighted by Crippen LogP contribution is 2.22. The Morgan fingerprint density at radius 3 is 3.12 bits per heavy atom. The highest BCUT2D eigenvalue weighted by Gasteiger charge is 2.12. The Hall–Kier alpha value is -0.650. The Kier molecular flexibility index (Phi) is 5.73. The molecule has 1 aromatic rings. The van der Waals surface area contributed by atoms with Crippen molar-refractivity contribution in [2.24, 2.45) is 0 Å².